The molecule has 1 aromatic carbocycles. The molecule has 0 aliphatic rings. The van der Waals surface area contributed by atoms with Gasteiger partial charge < -0.3 is 10.4 Å². The van der Waals surface area contributed by atoms with E-state index in [2.05, 4.69) is 0 Å². The van der Waals surface area contributed by atoms with Crippen molar-refractivity contribution in [2.24, 2.45) is 11.8 Å². The molecule has 0 saturated carbocycles. The van der Waals surface area contributed by atoms with Gasteiger partial charge >= 0.3 is 12.1 Å². The Kier molecular flexibility index (Phi) is 6.60. The van der Waals surface area contributed by atoms with Gasteiger partial charge in [-0.2, -0.15) is 13.2 Å². The number of aliphatic carboxylic acids is 1. The van der Waals surface area contributed by atoms with Crippen molar-refractivity contribution >= 4 is 11.9 Å². The Morgan fingerprint density at radius 3 is 2.17 bits per heavy atom. The van der Waals surface area contributed by atoms with Gasteiger partial charge in [0.2, 0.25) is 5.91 Å². The van der Waals surface area contributed by atoms with Crippen LogP contribution in [0.25, 0.3) is 0 Å². The van der Waals surface area contributed by atoms with E-state index < -0.39 is 36.4 Å². The van der Waals surface area contributed by atoms with Crippen molar-refractivity contribution in [2.45, 2.75) is 38.9 Å². The molecule has 2 unspecified atom stereocenters. The van der Waals surface area contributed by atoms with Crippen molar-refractivity contribution in [2.75, 3.05) is 0 Å². The zero-order chi connectivity index (χ0) is 17.6. The molecular weight excluding hydrogens is 311 g/mol. The van der Waals surface area contributed by atoms with Gasteiger partial charge in [0, 0.05) is 5.92 Å². The molecule has 0 radical (unpaired) electrons. The lowest BCUT2D eigenvalue weighted by Crippen LogP contribution is -2.49. The number of carbonyl (C=O) groups is 2. The van der Waals surface area contributed by atoms with Gasteiger partial charge in [0.05, 0.1) is 6.42 Å². The van der Waals surface area contributed by atoms with Crippen LogP contribution in [0.4, 0.5) is 13.2 Å². The van der Waals surface area contributed by atoms with Crippen molar-refractivity contribution in [3.63, 3.8) is 0 Å². The summed E-state index contributed by atoms with van der Waals surface area (Å²) in [5.74, 6) is -3.26. The average Bonchev–Trinajstić information content (AvgIpc) is 2.43. The first-order valence-electron chi connectivity index (χ1n) is 7.24. The SMILES string of the molecule is CC(C)C(Cc1ccccc1)C(=O)NC(CC(=O)O)C(F)(F)F. The molecule has 1 amide bonds. The highest BCUT2D eigenvalue weighted by Crippen LogP contribution is 2.24. The van der Waals surface area contributed by atoms with Gasteiger partial charge in [-0.05, 0) is 17.9 Å². The third-order valence-corrected chi connectivity index (χ3v) is 3.53. The highest BCUT2D eigenvalue weighted by molar-refractivity contribution is 5.80. The molecule has 0 spiro atoms. The number of hydrogen-bond donors (Lipinski definition) is 2. The molecular formula is C16H20F3NO3. The highest BCUT2D eigenvalue weighted by atomic mass is 19.4. The molecule has 7 heteroatoms. The summed E-state index contributed by atoms with van der Waals surface area (Å²) in [6, 6.07) is 6.58. The van der Waals surface area contributed by atoms with E-state index in [0.717, 1.165) is 5.56 Å². The number of halogens is 3. The van der Waals surface area contributed by atoms with Gasteiger partial charge in [0.15, 0.2) is 0 Å². The summed E-state index contributed by atoms with van der Waals surface area (Å²) >= 11 is 0. The fourth-order valence-corrected chi connectivity index (χ4v) is 2.20. The van der Waals surface area contributed by atoms with E-state index in [4.69, 9.17) is 5.11 Å². The highest BCUT2D eigenvalue weighted by Gasteiger charge is 2.43. The molecule has 0 fully saturated rings. The maximum absolute atomic E-state index is 12.9. The van der Waals surface area contributed by atoms with Crippen LogP contribution < -0.4 is 5.32 Å². The molecule has 0 aliphatic heterocycles. The molecule has 0 bridgehead atoms. The van der Waals surface area contributed by atoms with E-state index in [9.17, 15) is 22.8 Å². The van der Waals surface area contributed by atoms with E-state index >= 15 is 0 Å². The predicted octanol–water partition coefficient (Wildman–Crippen LogP) is 3.02. The number of amides is 1. The Morgan fingerprint density at radius 1 is 1.17 bits per heavy atom. The van der Waals surface area contributed by atoms with Gasteiger partial charge in [-0.3, -0.25) is 9.59 Å². The van der Waals surface area contributed by atoms with E-state index in [0.29, 0.717) is 6.42 Å². The van der Waals surface area contributed by atoms with E-state index in [1.54, 1.807) is 44.2 Å². The second kappa shape index (κ2) is 7.99. The summed E-state index contributed by atoms with van der Waals surface area (Å²) in [4.78, 5) is 22.8. The summed E-state index contributed by atoms with van der Waals surface area (Å²) < 4.78 is 38.6. The zero-order valence-corrected chi connectivity index (χ0v) is 12.9. The molecule has 4 nitrogen and oxygen atoms in total. The summed E-state index contributed by atoms with van der Waals surface area (Å²) in [6.45, 7) is 3.49. The van der Waals surface area contributed by atoms with Crippen LogP contribution >= 0.6 is 0 Å². The minimum atomic E-state index is -4.80. The van der Waals surface area contributed by atoms with Crippen LogP contribution in [0.5, 0.6) is 0 Å². The molecule has 0 aromatic heterocycles. The maximum atomic E-state index is 12.9. The second-order valence-electron chi connectivity index (χ2n) is 5.74. The fourth-order valence-electron chi connectivity index (χ4n) is 2.20. The zero-order valence-electron chi connectivity index (χ0n) is 12.9. The largest absolute Gasteiger partial charge is 0.481 e. The standard InChI is InChI=1S/C16H20F3NO3/c1-10(2)12(8-11-6-4-3-5-7-11)15(23)20-13(9-14(21)22)16(17,18)19/h3-7,10,12-13H,8-9H2,1-2H3,(H,20,23)(H,21,22). The number of alkyl halides is 3. The number of carboxylic acids is 1. The van der Waals surface area contributed by atoms with Crippen LogP contribution in [-0.4, -0.2) is 29.2 Å². The first-order chi connectivity index (χ1) is 10.6. The summed E-state index contributed by atoms with van der Waals surface area (Å²) in [7, 11) is 0. The Labute approximate surface area is 132 Å². The topological polar surface area (TPSA) is 66.4 Å². The molecule has 0 aliphatic carbocycles. The monoisotopic (exact) mass is 331 g/mol. The molecule has 0 saturated heterocycles. The minimum Gasteiger partial charge on any atom is -0.481 e. The van der Waals surface area contributed by atoms with Crippen LogP contribution in [-0.2, 0) is 16.0 Å². The number of nitrogens with one attached hydrogen (secondary N) is 1. The molecule has 1 rings (SSSR count). The summed E-state index contributed by atoms with van der Waals surface area (Å²) in [5, 5.41) is 10.4. The molecule has 2 N–H and O–H groups in total. The quantitative estimate of drug-likeness (QED) is 0.807. The Bertz CT molecular complexity index is 529. The smallest absolute Gasteiger partial charge is 0.409 e. The van der Waals surface area contributed by atoms with Crippen molar-refractivity contribution in [1.82, 2.24) is 5.32 Å². The minimum absolute atomic E-state index is 0.186. The lowest BCUT2D eigenvalue weighted by Gasteiger charge is -2.25. The van der Waals surface area contributed by atoms with Crippen LogP contribution in [0.1, 0.15) is 25.8 Å². The van der Waals surface area contributed by atoms with Crippen molar-refractivity contribution in [1.29, 1.82) is 0 Å². The van der Waals surface area contributed by atoms with Crippen LogP contribution in [0.3, 0.4) is 0 Å². The first kappa shape index (κ1) is 19.0. The van der Waals surface area contributed by atoms with Crippen molar-refractivity contribution in [3.05, 3.63) is 35.9 Å². The van der Waals surface area contributed by atoms with Crippen LogP contribution in [0.15, 0.2) is 30.3 Å². The normalized spacial score (nSPS) is 14.3. The fraction of sp³-hybridized carbons (Fsp3) is 0.500. The lowest BCUT2D eigenvalue weighted by molar-refractivity contribution is -0.171. The van der Waals surface area contributed by atoms with Gasteiger partial charge in [-0.1, -0.05) is 44.2 Å². The number of hydrogen-bond acceptors (Lipinski definition) is 2. The molecule has 23 heavy (non-hydrogen) atoms. The second-order valence-corrected chi connectivity index (χ2v) is 5.74. The third kappa shape index (κ3) is 6.30. The van der Waals surface area contributed by atoms with Crippen LogP contribution in [0, 0.1) is 11.8 Å². The molecule has 0 heterocycles. The molecule has 1 aromatic rings. The third-order valence-electron chi connectivity index (χ3n) is 3.53. The number of carboxylic acid groups (broad SMARTS) is 1. The lowest BCUT2D eigenvalue weighted by atomic mass is 9.88. The van der Waals surface area contributed by atoms with Gasteiger partial charge in [-0.15, -0.1) is 0 Å². The summed E-state index contributed by atoms with van der Waals surface area (Å²) in [5.41, 5.74) is 0.836. The van der Waals surface area contributed by atoms with E-state index in [1.165, 1.54) is 0 Å². The molecule has 2 atom stereocenters. The van der Waals surface area contributed by atoms with E-state index in [-0.39, 0.29) is 5.92 Å². The average molecular weight is 331 g/mol. The Balaban J connectivity index is 2.86. The first-order valence-corrected chi connectivity index (χ1v) is 7.24. The van der Waals surface area contributed by atoms with Crippen LogP contribution in [0.2, 0.25) is 0 Å². The number of benzene rings is 1. The van der Waals surface area contributed by atoms with Crippen molar-refractivity contribution in [3.8, 4) is 0 Å². The van der Waals surface area contributed by atoms with Gasteiger partial charge in [-0.25, -0.2) is 0 Å². The predicted molar refractivity (Wildman–Crippen MR) is 78.7 cm³/mol. The van der Waals surface area contributed by atoms with Gasteiger partial charge in [0.25, 0.3) is 0 Å². The number of carbonyl (C=O) groups excluding carboxylic acids is 1. The Morgan fingerprint density at radius 2 is 1.74 bits per heavy atom. The number of rotatable bonds is 7. The summed E-state index contributed by atoms with van der Waals surface area (Å²) in [6.07, 6.45) is -5.70. The Hall–Kier alpha value is -2.05. The maximum Gasteiger partial charge on any atom is 0.409 e. The molecule has 128 valence electrons. The van der Waals surface area contributed by atoms with Crippen molar-refractivity contribution < 1.29 is 27.9 Å². The van der Waals surface area contributed by atoms with E-state index in [1.807, 2.05) is 5.32 Å². The van der Waals surface area contributed by atoms with Gasteiger partial charge in [0.1, 0.15) is 6.04 Å².